The molecule has 0 unspecified atom stereocenters. The molecular formula is C30H33N3O5. The highest BCUT2D eigenvalue weighted by Crippen LogP contribution is 2.43. The first-order valence-corrected chi connectivity index (χ1v) is 12.9. The van der Waals surface area contributed by atoms with Gasteiger partial charge in [0.05, 0.1) is 18.6 Å². The summed E-state index contributed by atoms with van der Waals surface area (Å²) in [5.74, 6) is 1.88. The molecule has 38 heavy (non-hydrogen) atoms. The molecule has 2 atom stereocenters. The number of hydrogen-bond donors (Lipinski definition) is 1. The summed E-state index contributed by atoms with van der Waals surface area (Å²) in [4.78, 5) is 21.1. The van der Waals surface area contributed by atoms with Gasteiger partial charge in [-0.1, -0.05) is 42.5 Å². The van der Waals surface area contributed by atoms with Gasteiger partial charge in [-0.3, -0.25) is 0 Å². The molecule has 4 aromatic rings. The van der Waals surface area contributed by atoms with Crippen LogP contribution in [0.3, 0.4) is 0 Å². The quantitative estimate of drug-likeness (QED) is 0.275. The van der Waals surface area contributed by atoms with Gasteiger partial charge in [0.1, 0.15) is 35.9 Å². The summed E-state index contributed by atoms with van der Waals surface area (Å²) < 4.78 is 22.9. The van der Waals surface area contributed by atoms with Crippen LogP contribution in [0.25, 0.3) is 33.6 Å². The van der Waals surface area contributed by atoms with Crippen LogP contribution >= 0.6 is 0 Å². The van der Waals surface area contributed by atoms with E-state index in [9.17, 15) is 4.79 Å². The summed E-state index contributed by atoms with van der Waals surface area (Å²) in [6.07, 6.45) is 4.00. The van der Waals surface area contributed by atoms with Gasteiger partial charge < -0.3 is 23.9 Å². The van der Waals surface area contributed by atoms with Crippen LogP contribution in [0, 0.1) is 0 Å². The number of benzene rings is 2. The standard InChI is InChI=1S/C30H33N3O5/c1-30(2,3)38-24(34)17-36-23-15-12-21(16-23)33-28-26-25(19-10-13-22(35-4)14-11-19)27(20-8-6-5-7-9-20)37-29(26)32-18-31-28/h5-11,13-14,18,21,23H,12,15-17H2,1-4H3,(H,31,32,33)/t21-,23+/m1/s1. The molecule has 1 saturated carbocycles. The van der Waals surface area contributed by atoms with Crippen molar-refractivity contribution in [2.75, 3.05) is 19.0 Å². The van der Waals surface area contributed by atoms with E-state index in [1.807, 2.05) is 75.4 Å². The molecule has 1 aliphatic rings. The maximum absolute atomic E-state index is 12.1. The molecule has 0 amide bonds. The Morgan fingerprint density at radius 3 is 2.50 bits per heavy atom. The first-order valence-electron chi connectivity index (χ1n) is 12.9. The van der Waals surface area contributed by atoms with Gasteiger partial charge in [0, 0.05) is 17.2 Å². The monoisotopic (exact) mass is 515 g/mol. The first-order chi connectivity index (χ1) is 18.3. The minimum atomic E-state index is -0.524. The smallest absolute Gasteiger partial charge is 0.332 e. The van der Waals surface area contributed by atoms with Gasteiger partial charge in [-0.25, -0.2) is 14.8 Å². The molecule has 1 fully saturated rings. The fraction of sp³-hybridized carbons (Fsp3) is 0.367. The lowest BCUT2D eigenvalue weighted by Gasteiger charge is -2.20. The molecule has 2 aromatic carbocycles. The van der Waals surface area contributed by atoms with Crippen molar-refractivity contribution in [3.63, 3.8) is 0 Å². The zero-order valence-electron chi connectivity index (χ0n) is 22.2. The second-order valence-corrected chi connectivity index (χ2v) is 10.5. The number of fused-ring (bicyclic) bond motifs is 1. The Bertz CT molecular complexity index is 1390. The summed E-state index contributed by atoms with van der Waals surface area (Å²) in [5.41, 5.74) is 2.85. The van der Waals surface area contributed by atoms with Gasteiger partial charge in [-0.2, -0.15) is 0 Å². The molecule has 2 aromatic heterocycles. The fourth-order valence-electron chi connectivity index (χ4n) is 4.84. The minimum Gasteiger partial charge on any atom is -0.497 e. The number of rotatable bonds is 8. The van der Waals surface area contributed by atoms with Crippen LogP contribution in [-0.4, -0.2) is 47.4 Å². The van der Waals surface area contributed by atoms with E-state index in [1.165, 1.54) is 6.33 Å². The molecule has 1 aliphatic carbocycles. The zero-order chi connectivity index (χ0) is 26.7. The van der Waals surface area contributed by atoms with Crippen molar-refractivity contribution < 1.29 is 23.4 Å². The van der Waals surface area contributed by atoms with Crippen molar-refractivity contribution in [1.82, 2.24) is 9.97 Å². The van der Waals surface area contributed by atoms with E-state index >= 15 is 0 Å². The third-order valence-corrected chi connectivity index (χ3v) is 6.49. The summed E-state index contributed by atoms with van der Waals surface area (Å²) in [6, 6.07) is 18.0. The van der Waals surface area contributed by atoms with Crippen LogP contribution < -0.4 is 10.1 Å². The lowest BCUT2D eigenvalue weighted by molar-refractivity contribution is -0.162. The molecule has 198 valence electrons. The van der Waals surface area contributed by atoms with Crippen molar-refractivity contribution in [3.05, 3.63) is 60.9 Å². The number of aromatic nitrogens is 2. The van der Waals surface area contributed by atoms with E-state index in [0.29, 0.717) is 11.5 Å². The number of furan rings is 1. The number of methoxy groups -OCH3 is 1. The Morgan fingerprint density at radius 1 is 1.03 bits per heavy atom. The molecular weight excluding hydrogens is 482 g/mol. The molecule has 8 nitrogen and oxygen atoms in total. The average molecular weight is 516 g/mol. The van der Waals surface area contributed by atoms with Crippen LogP contribution in [0.4, 0.5) is 5.82 Å². The molecule has 8 heteroatoms. The van der Waals surface area contributed by atoms with Gasteiger partial charge in [0.15, 0.2) is 0 Å². The van der Waals surface area contributed by atoms with Gasteiger partial charge in [-0.05, 0) is 57.7 Å². The molecule has 0 aliphatic heterocycles. The van der Waals surface area contributed by atoms with E-state index in [-0.39, 0.29) is 24.7 Å². The van der Waals surface area contributed by atoms with Crippen LogP contribution in [0.2, 0.25) is 0 Å². The van der Waals surface area contributed by atoms with Crippen LogP contribution in [0.1, 0.15) is 40.0 Å². The number of esters is 1. The van der Waals surface area contributed by atoms with Crippen LogP contribution in [0.15, 0.2) is 65.3 Å². The second kappa shape index (κ2) is 10.8. The predicted molar refractivity (Wildman–Crippen MR) is 146 cm³/mol. The maximum Gasteiger partial charge on any atom is 0.332 e. The third kappa shape index (κ3) is 5.81. The lowest BCUT2D eigenvalue weighted by Crippen LogP contribution is -2.28. The van der Waals surface area contributed by atoms with E-state index in [1.54, 1.807) is 7.11 Å². The van der Waals surface area contributed by atoms with Crippen LogP contribution in [-0.2, 0) is 14.3 Å². The normalized spacial score (nSPS) is 17.5. The summed E-state index contributed by atoms with van der Waals surface area (Å²) in [6.45, 7) is 5.50. The average Bonchev–Trinajstić information content (AvgIpc) is 3.52. The Morgan fingerprint density at radius 2 is 1.79 bits per heavy atom. The third-order valence-electron chi connectivity index (χ3n) is 6.49. The molecule has 0 radical (unpaired) electrons. The number of anilines is 1. The van der Waals surface area contributed by atoms with Gasteiger partial charge in [-0.15, -0.1) is 0 Å². The Hall–Kier alpha value is -3.91. The lowest BCUT2D eigenvalue weighted by atomic mass is 9.99. The number of hydrogen-bond acceptors (Lipinski definition) is 8. The Kier molecular flexibility index (Phi) is 7.33. The van der Waals surface area contributed by atoms with E-state index in [4.69, 9.17) is 18.6 Å². The second-order valence-electron chi connectivity index (χ2n) is 10.5. The molecule has 0 spiro atoms. The molecule has 0 bridgehead atoms. The number of carbonyl (C=O) groups excluding carboxylic acids is 1. The molecule has 5 rings (SSSR count). The minimum absolute atomic E-state index is 0.0253. The number of carbonyl (C=O) groups is 1. The number of ether oxygens (including phenoxy) is 3. The summed E-state index contributed by atoms with van der Waals surface area (Å²) in [5, 5.41) is 4.43. The summed E-state index contributed by atoms with van der Waals surface area (Å²) >= 11 is 0. The van der Waals surface area contributed by atoms with Crippen molar-refractivity contribution in [3.8, 4) is 28.2 Å². The summed E-state index contributed by atoms with van der Waals surface area (Å²) in [7, 11) is 1.65. The SMILES string of the molecule is COc1ccc(-c2c(-c3ccccc3)oc3ncnc(N[C@@H]4CC[C@H](OCC(=O)OC(C)(C)C)C4)c23)cc1. The van der Waals surface area contributed by atoms with E-state index in [0.717, 1.165) is 52.8 Å². The Balaban J connectivity index is 1.42. The Labute approximate surface area is 222 Å². The maximum atomic E-state index is 12.1. The van der Waals surface area contributed by atoms with Crippen molar-refractivity contribution in [2.24, 2.45) is 0 Å². The fourth-order valence-corrected chi connectivity index (χ4v) is 4.84. The predicted octanol–water partition coefficient (Wildman–Crippen LogP) is 6.26. The van der Waals surface area contributed by atoms with E-state index in [2.05, 4.69) is 15.3 Å². The zero-order valence-corrected chi connectivity index (χ0v) is 22.2. The van der Waals surface area contributed by atoms with Gasteiger partial charge in [0.25, 0.3) is 0 Å². The van der Waals surface area contributed by atoms with Crippen LogP contribution in [0.5, 0.6) is 5.75 Å². The number of nitrogens with one attached hydrogen (secondary N) is 1. The topological polar surface area (TPSA) is 95.7 Å². The van der Waals surface area contributed by atoms with Crippen molar-refractivity contribution in [1.29, 1.82) is 0 Å². The van der Waals surface area contributed by atoms with Crippen molar-refractivity contribution >= 4 is 22.9 Å². The first kappa shape index (κ1) is 25.7. The molecule has 0 saturated heterocycles. The van der Waals surface area contributed by atoms with E-state index < -0.39 is 5.60 Å². The highest BCUT2D eigenvalue weighted by molar-refractivity contribution is 6.05. The molecule has 1 N–H and O–H groups in total. The van der Waals surface area contributed by atoms with Gasteiger partial charge in [0.2, 0.25) is 5.71 Å². The largest absolute Gasteiger partial charge is 0.497 e. The highest BCUT2D eigenvalue weighted by Gasteiger charge is 2.29. The van der Waals surface area contributed by atoms with Crippen molar-refractivity contribution in [2.45, 2.75) is 57.8 Å². The van der Waals surface area contributed by atoms with Gasteiger partial charge >= 0.3 is 5.97 Å². The molecule has 2 heterocycles. The highest BCUT2D eigenvalue weighted by atomic mass is 16.6. The number of nitrogens with zero attached hydrogens (tertiary/aromatic N) is 2.